The largest absolute Gasteiger partial charge is 0.258 e. The Morgan fingerprint density at radius 2 is 2.05 bits per heavy atom. The molecule has 1 aliphatic rings. The normalized spacial score (nSPS) is 17.4. The molecule has 1 fully saturated rings. The lowest BCUT2D eigenvalue weighted by Gasteiger charge is -2.14. The van der Waals surface area contributed by atoms with E-state index < -0.39 is 10.0 Å². The first-order valence-electron chi connectivity index (χ1n) is 6.38. The van der Waals surface area contributed by atoms with Crippen molar-refractivity contribution < 1.29 is 8.42 Å². The highest BCUT2D eigenvalue weighted by molar-refractivity contribution is 9.10. The molecule has 0 N–H and O–H groups in total. The van der Waals surface area contributed by atoms with Crippen LogP contribution in [0.25, 0.3) is 10.9 Å². The Kier molecular flexibility index (Phi) is 3.17. The quantitative estimate of drug-likeness (QED) is 0.841. The summed E-state index contributed by atoms with van der Waals surface area (Å²) >= 11 is 3.42. The molecular formula is C13H15BrN2O2S. The molecule has 6 heteroatoms. The number of aryl methyl sites for hydroxylation is 1. The summed E-state index contributed by atoms with van der Waals surface area (Å²) in [6.07, 6.45) is 6.90. The molecule has 0 amide bonds. The van der Waals surface area contributed by atoms with Gasteiger partial charge in [-0.15, -0.1) is 0 Å². The summed E-state index contributed by atoms with van der Waals surface area (Å²) in [5.41, 5.74) is 1.44. The highest BCUT2D eigenvalue weighted by Gasteiger charge is 2.31. The van der Waals surface area contributed by atoms with Crippen molar-refractivity contribution in [1.82, 2.24) is 8.96 Å². The van der Waals surface area contributed by atoms with E-state index in [9.17, 15) is 8.42 Å². The zero-order chi connectivity index (χ0) is 13.6. The third kappa shape index (κ3) is 2.01. The van der Waals surface area contributed by atoms with Crippen LogP contribution in [0.2, 0.25) is 0 Å². The van der Waals surface area contributed by atoms with Crippen LogP contribution in [0.5, 0.6) is 0 Å². The van der Waals surface area contributed by atoms with Gasteiger partial charge in [-0.05, 0) is 41.8 Å². The molecule has 4 nitrogen and oxygen atoms in total. The molecule has 2 heterocycles. The van der Waals surface area contributed by atoms with Crippen LogP contribution >= 0.6 is 15.9 Å². The second kappa shape index (κ2) is 4.59. The summed E-state index contributed by atoms with van der Waals surface area (Å²) in [6.45, 7) is 1.84. The third-order valence-electron chi connectivity index (χ3n) is 3.82. The summed E-state index contributed by atoms with van der Waals surface area (Å²) in [5.74, 6) is 0. The van der Waals surface area contributed by atoms with Crippen LogP contribution in [0.1, 0.15) is 31.4 Å². The summed E-state index contributed by atoms with van der Waals surface area (Å²) in [6, 6.07) is 1.83. The first kappa shape index (κ1) is 13.1. The smallest absolute Gasteiger partial charge is 0.241 e. The van der Waals surface area contributed by atoms with Gasteiger partial charge in [0.25, 0.3) is 0 Å². The van der Waals surface area contributed by atoms with Crippen LogP contribution in [-0.2, 0) is 10.0 Å². The van der Waals surface area contributed by atoms with E-state index in [1.54, 1.807) is 12.4 Å². The van der Waals surface area contributed by atoms with Gasteiger partial charge in [-0.3, -0.25) is 4.98 Å². The van der Waals surface area contributed by atoms with E-state index in [0.29, 0.717) is 5.52 Å². The van der Waals surface area contributed by atoms with Crippen molar-refractivity contribution in [2.45, 2.75) is 37.9 Å². The van der Waals surface area contributed by atoms with E-state index in [1.807, 2.05) is 13.0 Å². The molecule has 1 saturated carbocycles. The number of fused-ring (bicyclic) bond motifs is 1. The van der Waals surface area contributed by atoms with Crippen LogP contribution in [0.3, 0.4) is 0 Å². The lowest BCUT2D eigenvalue weighted by atomic mass is 10.3. The van der Waals surface area contributed by atoms with Gasteiger partial charge in [0.05, 0.1) is 16.5 Å². The van der Waals surface area contributed by atoms with E-state index in [1.165, 1.54) is 3.97 Å². The first-order valence-corrected chi connectivity index (χ1v) is 8.68. The topological polar surface area (TPSA) is 52.0 Å². The minimum absolute atomic E-state index is 0.249. The Morgan fingerprint density at radius 1 is 1.37 bits per heavy atom. The Morgan fingerprint density at radius 3 is 2.74 bits per heavy atom. The summed E-state index contributed by atoms with van der Waals surface area (Å²) in [4.78, 5) is 4.25. The molecule has 2 aromatic rings. The van der Waals surface area contributed by atoms with E-state index >= 15 is 0 Å². The van der Waals surface area contributed by atoms with Gasteiger partial charge in [-0.1, -0.05) is 12.8 Å². The Balaban J connectivity index is 2.23. The maximum Gasteiger partial charge on any atom is 0.241 e. The molecule has 0 saturated heterocycles. The number of nitrogens with zero attached hydrogens (tertiary/aromatic N) is 2. The zero-order valence-electron chi connectivity index (χ0n) is 10.6. The summed E-state index contributed by atoms with van der Waals surface area (Å²) in [7, 11) is -3.31. The van der Waals surface area contributed by atoms with Crippen LogP contribution in [-0.4, -0.2) is 22.6 Å². The van der Waals surface area contributed by atoms with Crippen molar-refractivity contribution in [3.05, 3.63) is 28.6 Å². The number of hydrogen-bond acceptors (Lipinski definition) is 3. The molecule has 0 radical (unpaired) electrons. The average Bonchev–Trinajstić information content (AvgIpc) is 3.02. The van der Waals surface area contributed by atoms with Gasteiger partial charge in [-0.25, -0.2) is 12.4 Å². The maximum atomic E-state index is 12.7. The minimum atomic E-state index is -3.31. The number of rotatable bonds is 2. The molecule has 19 heavy (non-hydrogen) atoms. The SMILES string of the molecule is Cc1ncc(Br)c2ccn(S(=O)(=O)C3CCCC3)c12. The van der Waals surface area contributed by atoms with Crippen molar-refractivity contribution in [2.24, 2.45) is 0 Å². The molecule has 3 rings (SSSR count). The number of hydrogen-bond donors (Lipinski definition) is 0. The van der Waals surface area contributed by atoms with Gasteiger partial charge in [0.2, 0.25) is 10.0 Å². The predicted molar refractivity (Wildman–Crippen MR) is 78.7 cm³/mol. The molecule has 0 atom stereocenters. The third-order valence-corrected chi connectivity index (χ3v) is 6.62. The van der Waals surface area contributed by atoms with Gasteiger partial charge in [0.1, 0.15) is 0 Å². The fraction of sp³-hybridized carbons (Fsp3) is 0.462. The minimum Gasteiger partial charge on any atom is -0.258 e. The average molecular weight is 343 g/mol. The lowest BCUT2D eigenvalue weighted by Crippen LogP contribution is -2.24. The summed E-state index contributed by atoms with van der Waals surface area (Å²) in [5, 5.41) is 0.649. The molecule has 2 aromatic heterocycles. The highest BCUT2D eigenvalue weighted by atomic mass is 79.9. The Hall–Kier alpha value is -0.880. The van der Waals surface area contributed by atoms with Crippen molar-refractivity contribution in [1.29, 1.82) is 0 Å². The van der Waals surface area contributed by atoms with Gasteiger partial charge in [0.15, 0.2) is 0 Å². The molecule has 102 valence electrons. The molecule has 0 unspecified atom stereocenters. The number of aromatic nitrogens is 2. The van der Waals surface area contributed by atoms with Crippen LogP contribution < -0.4 is 0 Å². The van der Waals surface area contributed by atoms with E-state index in [-0.39, 0.29) is 5.25 Å². The van der Waals surface area contributed by atoms with Crippen LogP contribution in [0.4, 0.5) is 0 Å². The van der Waals surface area contributed by atoms with E-state index in [0.717, 1.165) is 41.2 Å². The van der Waals surface area contributed by atoms with Crippen molar-refractivity contribution >= 4 is 36.9 Å². The second-order valence-electron chi connectivity index (χ2n) is 5.02. The van der Waals surface area contributed by atoms with E-state index in [4.69, 9.17) is 0 Å². The van der Waals surface area contributed by atoms with Gasteiger partial charge in [-0.2, -0.15) is 0 Å². The number of halogens is 1. The predicted octanol–water partition coefficient (Wildman–Crippen LogP) is 3.23. The number of pyridine rings is 1. The standard InChI is InChI=1S/C13H15BrN2O2S/c1-9-13-11(12(14)8-15-9)6-7-16(13)19(17,18)10-4-2-3-5-10/h6-8,10H,2-5H2,1H3. The van der Waals surface area contributed by atoms with E-state index in [2.05, 4.69) is 20.9 Å². The Bertz CT molecular complexity index is 730. The van der Waals surface area contributed by atoms with Gasteiger partial charge in [0, 0.05) is 22.3 Å². The van der Waals surface area contributed by atoms with Crippen molar-refractivity contribution in [3.63, 3.8) is 0 Å². The fourth-order valence-electron chi connectivity index (χ4n) is 2.80. The van der Waals surface area contributed by atoms with Crippen LogP contribution in [0, 0.1) is 6.92 Å². The first-order chi connectivity index (χ1) is 9.01. The zero-order valence-corrected chi connectivity index (χ0v) is 13.0. The molecule has 0 aliphatic heterocycles. The maximum absolute atomic E-state index is 12.7. The monoisotopic (exact) mass is 342 g/mol. The molecule has 0 bridgehead atoms. The van der Waals surface area contributed by atoms with Crippen LogP contribution in [0.15, 0.2) is 22.9 Å². The summed E-state index contributed by atoms with van der Waals surface area (Å²) < 4.78 is 27.6. The molecule has 0 aromatic carbocycles. The molecular weight excluding hydrogens is 328 g/mol. The lowest BCUT2D eigenvalue weighted by molar-refractivity contribution is 0.572. The molecule has 1 aliphatic carbocycles. The fourth-order valence-corrected chi connectivity index (χ4v) is 5.19. The van der Waals surface area contributed by atoms with Gasteiger partial charge < -0.3 is 0 Å². The van der Waals surface area contributed by atoms with Gasteiger partial charge >= 0.3 is 0 Å². The Labute approximate surface area is 121 Å². The second-order valence-corrected chi connectivity index (χ2v) is 7.96. The van der Waals surface area contributed by atoms with Crippen molar-refractivity contribution in [2.75, 3.05) is 0 Å². The molecule has 0 spiro atoms. The highest BCUT2D eigenvalue weighted by Crippen LogP contribution is 2.31. The van der Waals surface area contributed by atoms with Crippen molar-refractivity contribution in [3.8, 4) is 0 Å².